The summed E-state index contributed by atoms with van der Waals surface area (Å²) in [6.45, 7) is -0.944. The number of aliphatic hydroxyl groups excluding tert-OH is 1. The Kier molecular flexibility index (Phi) is 4.59. The van der Waals surface area contributed by atoms with Crippen molar-refractivity contribution in [2.75, 3.05) is 36.9 Å². The quantitative estimate of drug-likeness (QED) is 0.587. The topological polar surface area (TPSA) is 118 Å². The smallest absolute Gasteiger partial charge is 0.287 e. The molecule has 1 amide bonds. The van der Waals surface area contributed by atoms with Crippen LogP contribution < -0.4 is 21.7 Å². The first kappa shape index (κ1) is 15.9. The lowest BCUT2D eigenvalue weighted by atomic mass is 10.3. The number of halogens is 2. The number of nitrogens with one attached hydrogen (secondary N) is 1. The van der Waals surface area contributed by atoms with Crippen LogP contribution in [0.15, 0.2) is 0 Å². The molecule has 7 nitrogen and oxygen atoms in total. The number of anilines is 2. The zero-order chi connectivity index (χ0) is 15.6. The van der Waals surface area contributed by atoms with Gasteiger partial charge in [0.2, 0.25) is 0 Å². The average molecular weight is 321 g/mol. The third kappa shape index (κ3) is 3.77. The van der Waals surface area contributed by atoms with E-state index in [9.17, 15) is 13.6 Å². The maximum absolute atomic E-state index is 12.9. The number of thiazole rings is 1. The van der Waals surface area contributed by atoms with Crippen molar-refractivity contribution < 1.29 is 18.7 Å². The van der Waals surface area contributed by atoms with Gasteiger partial charge in [-0.1, -0.05) is 11.3 Å². The molecule has 1 saturated heterocycles. The third-order valence-corrected chi connectivity index (χ3v) is 4.21. The zero-order valence-corrected chi connectivity index (χ0v) is 12.0. The molecule has 1 aromatic rings. The second-order valence-electron chi connectivity index (χ2n) is 4.90. The number of nitrogen functional groups attached to an aromatic ring is 1. The number of alkyl halides is 2. The predicted octanol–water partition coefficient (Wildman–Crippen LogP) is -0.380. The summed E-state index contributed by atoms with van der Waals surface area (Å²) in [5, 5.41) is 11.0. The normalized spacial score (nSPS) is 19.0. The van der Waals surface area contributed by atoms with E-state index in [1.807, 2.05) is 10.2 Å². The monoisotopic (exact) mass is 321 g/mol. The molecule has 1 unspecified atom stereocenters. The first-order chi connectivity index (χ1) is 9.82. The number of nitrogens with two attached hydrogens (primary N) is 2. The number of carbonyl (C=O) groups is 1. The van der Waals surface area contributed by atoms with Crippen molar-refractivity contribution in [3.63, 3.8) is 0 Å². The Balaban J connectivity index is 2.03. The highest BCUT2D eigenvalue weighted by atomic mass is 32.1. The Hall–Kier alpha value is -1.52. The zero-order valence-electron chi connectivity index (χ0n) is 11.2. The van der Waals surface area contributed by atoms with E-state index >= 15 is 0 Å². The van der Waals surface area contributed by atoms with E-state index in [2.05, 4.69) is 4.98 Å². The summed E-state index contributed by atoms with van der Waals surface area (Å²) >= 11 is 1.04. The van der Waals surface area contributed by atoms with Gasteiger partial charge >= 0.3 is 0 Å². The van der Waals surface area contributed by atoms with Crippen LogP contribution >= 0.6 is 11.3 Å². The minimum absolute atomic E-state index is 0.000265. The molecular formula is C11H17F2N5O2S. The van der Waals surface area contributed by atoms with Crippen LogP contribution in [0.1, 0.15) is 16.1 Å². The Bertz CT molecular complexity index is 525. The fourth-order valence-corrected chi connectivity index (χ4v) is 2.86. The third-order valence-electron chi connectivity index (χ3n) is 3.08. The summed E-state index contributed by atoms with van der Waals surface area (Å²) in [6, 6.07) is 0.0515. The molecule has 1 aliphatic heterocycles. The molecule has 0 radical (unpaired) electrons. The first-order valence-corrected chi connectivity index (χ1v) is 7.18. The van der Waals surface area contributed by atoms with E-state index in [-0.39, 0.29) is 16.7 Å². The summed E-state index contributed by atoms with van der Waals surface area (Å²) < 4.78 is 25.8. The minimum atomic E-state index is -3.36. The van der Waals surface area contributed by atoms with Gasteiger partial charge in [-0.15, -0.1) is 0 Å². The lowest BCUT2D eigenvalue weighted by Gasteiger charge is -2.13. The molecular weight excluding hydrogens is 304 g/mol. The van der Waals surface area contributed by atoms with Gasteiger partial charge in [-0.05, 0) is 6.42 Å². The molecule has 2 rings (SSSR count). The van der Waals surface area contributed by atoms with Gasteiger partial charge in [0.1, 0.15) is 17.3 Å². The number of aromatic nitrogens is 1. The summed E-state index contributed by atoms with van der Waals surface area (Å²) in [5.41, 5.74) is 11.5. The molecule has 0 aliphatic carbocycles. The predicted molar refractivity (Wildman–Crippen MR) is 75.7 cm³/mol. The van der Waals surface area contributed by atoms with Crippen molar-refractivity contribution in [1.82, 2.24) is 10.3 Å². The second-order valence-corrected chi connectivity index (χ2v) is 5.88. The van der Waals surface area contributed by atoms with Crippen molar-refractivity contribution in [3.05, 3.63) is 4.88 Å². The molecule has 2 heterocycles. The highest BCUT2D eigenvalue weighted by molar-refractivity contribution is 7.18. The van der Waals surface area contributed by atoms with Crippen molar-refractivity contribution in [3.8, 4) is 0 Å². The van der Waals surface area contributed by atoms with Gasteiger partial charge in [-0.25, -0.2) is 13.8 Å². The van der Waals surface area contributed by atoms with Crippen molar-refractivity contribution in [1.29, 1.82) is 0 Å². The average Bonchev–Trinajstić information content (AvgIpc) is 3.02. The fourth-order valence-electron chi connectivity index (χ4n) is 1.92. The van der Waals surface area contributed by atoms with Crippen molar-refractivity contribution in [2.24, 2.45) is 5.73 Å². The SMILES string of the molecule is Nc1nc(N2CCC(N)C2)sc1C(=O)NCC(F)(F)CO. The van der Waals surface area contributed by atoms with E-state index in [0.29, 0.717) is 11.7 Å². The van der Waals surface area contributed by atoms with Crippen molar-refractivity contribution in [2.45, 2.75) is 18.4 Å². The molecule has 0 spiro atoms. The van der Waals surface area contributed by atoms with Crippen LogP contribution in [0.5, 0.6) is 0 Å². The molecule has 6 N–H and O–H groups in total. The molecule has 1 fully saturated rings. The molecule has 118 valence electrons. The number of hydrogen-bond acceptors (Lipinski definition) is 7. The molecule has 0 bridgehead atoms. The number of rotatable bonds is 5. The van der Waals surface area contributed by atoms with E-state index in [0.717, 1.165) is 24.3 Å². The van der Waals surface area contributed by atoms with Gasteiger partial charge in [-0.3, -0.25) is 4.79 Å². The Morgan fingerprint density at radius 2 is 2.33 bits per heavy atom. The van der Waals surface area contributed by atoms with Gasteiger partial charge in [0.15, 0.2) is 5.13 Å². The van der Waals surface area contributed by atoms with Crippen LogP contribution in [-0.4, -0.2) is 54.2 Å². The van der Waals surface area contributed by atoms with Crippen LogP contribution in [0, 0.1) is 0 Å². The first-order valence-electron chi connectivity index (χ1n) is 6.36. The fraction of sp³-hybridized carbons (Fsp3) is 0.636. The molecule has 21 heavy (non-hydrogen) atoms. The summed E-state index contributed by atoms with van der Waals surface area (Å²) in [4.78, 5) is 17.9. The van der Waals surface area contributed by atoms with Crippen LogP contribution in [0.3, 0.4) is 0 Å². The lowest BCUT2D eigenvalue weighted by Crippen LogP contribution is -2.38. The highest BCUT2D eigenvalue weighted by Crippen LogP contribution is 2.30. The van der Waals surface area contributed by atoms with E-state index in [1.165, 1.54) is 0 Å². The van der Waals surface area contributed by atoms with Gasteiger partial charge in [-0.2, -0.15) is 0 Å². The minimum Gasteiger partial charge on any atom is -0.390 e. The maximum Gasteiger partial charge on any atom is 0.287 e. The van der Waals surface area contributed by atoms with Crippen LogP contribution in [0.4, 0.5) is 19.7 Å². The Morgan fingerprint density at radius 1 is 1.62 bits per heavy atom. The van der Waals surface area contributed by atoms with Gasteiger partial charge in [0, 0.05) is 19.1 Å². The van der Waals surface area contributed by atoms with Crippen LogP contribution in [-0.2, 0) is 0 Å². The number of hydrogen-bond donors (Lipinski definition) is 4. The van der Waals surface area contributed by atoms with Crippen LogP contribution in [0.2, 0.25) is 0 Å². The van der Waals surface area contributed by atoms with E-state index < -0.39 is 25.0 Å². The molecule has 1 aliphatic rings. The number of nitrogens with zero attached hydrogens (tertiary/aromatic N) is 2. The summed E-state index contributed by atoms with van der Waals surface area (Å²) in [7, 11) is 0. The maximum atomic E-state index is 12.9. The molecule has 0 aromatic carbocycles. The highest BCUT2D eigenvalue weighted by Gasteiger charge is 2.30. The summed E-state index contributed by atoms with van der Waals surface area (Å²) in [5.74, 6) is -4.09. The van der Waals surface area contributed by atoms with Gasteiger partial charge < -0.3 is 26.8 Å². The largest absolute Gasteiger partial charge is 0.390 e. The van der Waals surface area contributed by atoms with E-state index in [4.69, 9.17) is 16.6 Å². The van der Waals surface area contributed by atoms with Crippen LogP contribution in [0.25, 0.3) is 0 Å². The standard InChI is InChI=1S/C11H17F2N5O2S/c12-11(13,5-19)4-16-9(20)7-8(15)17-10(21-7)18-2-1-6(14)3-18/h6,19H,1-5,14-15H2,(H,16,20). The number of amides is 1. The van der Waals surface area contributed by atoms with Crippen molar-refractivity contribution >= 4 is 28.2 Å². The number of aliphatic hydroxyl groups is 1. The Labute approximate surface area is 123 Å². The summed E-state index contributed by atoms with van der Waals surface area (Å²) in [6.07, 6.45) is 0.823. The Morgan fingerprint density at radius 3 is 2.90 bits per heavy atom. The van der Waals surface area contributed by atoms with E-state index in [1.54, 1.807) is 0 Å². The second kappa shape index (κ2) is 6.08. The van der Waals surface area contributed by atoms with Gasteiger partial charge in [0.25, 0.3) is 11.8 Å². The molecule has 10 heteroatoms. The lowest BCUT2D eigenvalue weighted by molar-refractivity contribution is -0.0461. The molecule has 1 atom stereocenters. The van der Waals surface area contributed by atoms with Gasteiger partial charge in [0.05, 0.1) is 6.54 Å². The molecule has 0 saturated carbocycles. The number of carbonyl (C=O) groups excluding carboxylic acids is 1. The molecule has 1 aromatic heterocycles.